The second-order valence-corrected chi connectivity index (χ2v) is 4.13. The van der Waals surface area contributed by atoms with Crippen molar-refractivity contribution >= 4 is 18.4 Å². The van der Waals surface area contributed by atoms with E-state index in [9.17, 15) is 4.57 Å². The van der Waals surface area contributed by atoms with Crippen LogP contribution in [-0.2, 0) is 4.57 Å². The minimum atomic E-state index is -1.35. The molecule has 0 amide bonds. The fourth-order valence-corrected chi connectivity index (χ4v) is 1.95. The molecule has 1 saturated carbocycles. The van der Waals surface area contributed by atoms with Crippen molar-refractivity contribution in [1.82, 2.24) is 0 Å². The monoisotopic (exact) mass is 137 g/mol. The number of rotatable bonds is 1. The maximum atomic E-state index is 10.3. The number of halogens is 1. The lowest BCUT2D eigenvalue weighted by molar-refractivity contribution is 0.493. The molecule has 0 radical (unpaired) electrons. The van der Waals surface area contributed by atoms with E-state index in [0.717, 1.165) is 12.8 Å². The Labute approximate surface area is 48.6 Å². The summed E-state index contributed by atoms with van der Waals surface area (Å²) in [6.45, 7) is 0. The van der Waals surface area contributed by atoms with Gasteiger partial charge in [0.05, 0.1) is 0 Å². The van der Waals surface area contributed by atoms with Gasteiger partial charge in [-0.3, -0.25) is 0 Å². The molecule has 40 valence electrons. The minimum Gasteiger partial charge on any atom is -0.0515 e. The van der Waals surface area contributed by atoms with Crippen LogP contribution < -0.4 is 0 Å². The minimum absolute atomic E-state index is 0.358. The summed E-state index contributed by atoms with van der Waals surface area (Å²) in [6, 6.07) is 0. The Hall–Kier alpha value is 0.390. The van der Waals surface area contributed by atoms with Gasteiger partial charge in [-0.1, -0.05) is 4.57 Å². The van der Waals surface area contributed by atoms with E-state index in [1.807, 2.05) is 0 Å². The normalized spacial score (nSPS) is 23.9. The molecule has 7 heavy (non-hydrogen) atoms. The predicted molar refractivity (Wildman–Crippen MR) is 31.1 cm³/mol. The van der Waals surface area contributed by atoms with E-state index in [4.69, 9.17) is 11.2 Å². The molecule has 1 unspecified atom stereocenters. The van der Waals surface area contributed by atoms with Crippen LogP contribution in [0.5, 0.6) is 0 Å². The molecule has 1 aliphatic carbocycles. The first kappa shape index (κ1) is 5.53. The Bertz CT molecular complexity index is 89.7. The first-order valence-corrected chi connectivity index (χ1v) is 4.66. The summed E-state index contributed by atoms with van der Waals surface area (Å²) in [5.41, 5.74) is 0.358. The second-order valence-electron chi connectivity index (χ2n) is 1.86. The molecule has 0 saturated heterocycles. The molecular formula is C4H7ClOP+. The maximum Gasteiger partial charge on any atom is 0.457 e. The van der Waals surface area contributed by atoms with Crippen molar-refractivity contribution in [2.24, 2.45) is 0 Å². The smallest absolute Gasteiger partial charge is 0.0515 e. The fourth-order valence-electron chi connectivity index (χ4n) is 0.590. The first-order valence-electron chi connectivity index (χ1n) is 2.43. The third-order valence-corrected chi connectivity index (χ3v) is 3.28. The number of hydrogen-bond donors (Lipinski definition) is 0. The topological polar surface area (TPSA) is 17.1 Å². The summed E-state index contributed by atoms with van der Waals surface area (Å²) >= 11 is 5.29. The zero-order valence-electron chi connectivity index (χ0n) is 3.93. The highest BCUT2D eigenvalue weighted by molar-refractivity contribution is 7.74. The molecule has 1 aliphatic rings. The molecule has 1 fully saturated rings. The van der Waals surface area contributed by atoms with Crippen molar-refractivity contribution in [3.63, 3.8) is 0 Å². The Morgan fingerprint density at radius 2 is 2.14 bits per heavy atom. The Morgan fingerprint density at radius 3 is 2.14 bits per heavy atom. The summed E-state index contributed by atoms with van der Waals surface area (Å²) in [5, 5.41) is 0. The van der Waals surface area contributed by atoms with E-state index in [0.29, 0.717) is 5.66 Å². The van der Waals surface area contributed by atoms with Gasteiger partial charge in [0.25, 0.3) is 0 Å². The largest absolute Gasteiger partial charge is 0.457 e. The van der Waals surface area contributed by atoms with Crippen LogP contribution in [0.25, 0.3) is 0 Å². The lowest BCUT2D eigenvalue weighted by Crippen LogP contribution is -2.10. The molecule has 0 aromatic heterocycles. The SMILES string of the molecule is O=[P+](Cl)C1CCC1. The lowest BCUT2D eigenvalue weighted by Gasteiger charge is -2.11. The fraction of sp³-hybridized carbons (Fsp3) is 1.00. The summed E-state index contributed by atoms with van der Waals surface area (Å²) in [7, 11) is -1.35. The van der Waals surface area contributed by atoms with Crippen LogP contribution in [0.1, 0.15) is 19.3 Å². The number of hydrogen-bond acceptors (Lipinski definition) is 1. The zero-order valence-corrected chi connectivity index (χ0v) is 5.58. The Kier molecular flexibility index (Phi) is 1.66. The molecule has 0 aromatic rings. The van der Waals surface area contributed by atoms with Crippen molar-refractivity contribution in [2.45, 2.75) is 24.9 Å². The standard InChI is InChI=1S/C4H7ClOP/c5-7(6)4-2-1-3-4/h4H,1-3H2/q+1. The highest BCUT2D eigenvalue weighted by atomic mass is 35.7. The van der Waals surface area contributed by atoms with Gasteiger partial charge in [-0.25, -0.2) is 0 Å². The van der Waals surface area contributed by atoms with Gasteiger partial charge in [0.1, 0.15) is 0 Å². The van der Waals surface area contributed by atoms with Crippen LogP contribution in [-0.4, -0.2) is 5.66 Å². The molecule has 0 aromatic carbocycles. The van der Waals surface area contributed by atoms with E-state index >= 15 is 0 Å². The van der Waals surface area contributed by atoms with Crippen LogP contribution in [0.3, 0.4) is 0 Å². The van der Waals surface area contributed by atoms with Crippen molar-refractivity contribution in [3.8, 4) is 0 Å². The highest BCUT2D eigenvalue weighted by Gasteiger charge is 2.34. The van der Waals surface area contributed by atoms with Crippen LogP contribution >= 0.6 is 18.4 Å². The van der Waals surface area contributed by atoms with E-state index in [1.54, 1.807) is 0 Å². The Balaban J connectivity index is 2.27. The van der Waals surface area contributed by atoms with E-state index in [2.05, 4.69) is 0 Å². The molecule has 1 atom stereocenters. The first-order chi connectivity index (χ1) is 3.30. The van der Waals surface area contributed by atoms with Gasteiger partial charge in [0.15, 0.2) is 5.66 Å². The lowest BCUT2D eigenvalue weighted by atomic mass is 10.00. The van der Waals surface area contributed by atoms with Crippen molar-refractivity contribution in [3.05, 3.63) is 0 Å². The quantitative estimate of drug-likeness (QED) is 0.508. The van der Waals surface area contributed by atoms with Gasteiger partial charge in [0.2, 0.25) is 11.2 Å². The molecule has 0 spiro atoms. The van der Waals surface area contributed by atoms with E-state index in [-0.39, 0.29) is 0 Å². The molecule has 3 heteroatoms. The van der Waals surface area contributed by atoms with Crippen molar-refractivity contribution in [1.29, 1.82) is 0 Å². The van der Waals surface area contributed by atoms with Gasteiger partial charge < -0.3 is 0 Å². The van der Waals surface area contributed by atoms with Crippen molar-refractivity contribution < 1.29 is 4.57 Å². The van der Waals surface area contributed by atoms with E-state index in [1.165, 1.54) is 6.42 Å². The maximum absolute atomic E-state index is 10.3. The second kappa shape index (κ2) is 2.11. The molecule has 1 nitrogen and oxygen atoms in total. The van der Waals surface area contributed by atoms with Gasteiger partial charge >= 0.3 is 7.15 Å². The van der Waals surface area contributed by atoms with Crippen LogP contribution in [0, 0.1) is 0 Å². The molecule has 0 N–H and O–H groups in total. The van der Waals surface area contributed by atoms with Crippen LogP contribution in [0.15, 0.2) is 0 Å². The predicted octanol–water partition coefficient (Wildman–Crippen LogP) is 2.52. The average Bonchev–Trinajstić information content (AvgIpc) is 1.23. The summed E-state index contributed by atoms with van der Waals surface area (Å²) in [5.74, 6) is 0. The summed E-state index contributed by atoms with van der Waals surface area (Å²) < 4.78 is 10.3. The summed E-state index contributed by atoms with van der Waals surface area (Å²) in [6.07, 6.45) is 3.38. The molecule has 0 bridgehead atoms. The van der Waals surface area contributed by atoms with Crippen LogP contribution in [0.2, 0.25) is 0 Å². The third-order valence-electron chi connectivity index (χ3n) is 1.36. The Morgan fingerprint density at radius 1 is 1.57 bits per heavy atom. The van der Waals surface area contributed by atoms with Gasteiger partial charge in [-0.05, 0) is 19.3 Å². The van der Waals surface area contributed by atoms with Gasteiger partial charge in [-0.2, -0.15) is 0 Å². The average molecular weight is 138 g/mol. The van der Waals surface area contributed by atoms with E-state index < -0.39 is 7.15 Å². The highest BCUT2D eigenvalue weighted by Crippen LogP contribution is 2.44. The van der Waals surface area contributed by atoms with Crippen molar-refractivity contribution in [2.75, 3.05) is 0 Å². The molecule has 0 aliphatic heterocycles. The third kappa shape index (κ3) is 1.14. The van der Waals surface area contributed by atoms with Gasteiger partial charge in [0, 0.05) is 0 Å². The molecule has 1 rings (SSSR count). The zero-order chi connectivity index (χ0) is 5.28. The summed E-state index contributed by atoms with van der Waals surface area (Å²) in [4.78, 5) is 0. The molecule has 0 heterocycles. The van der Waals surface area contributed by atoms with Crippen LogP contribution in [0.4, 0.5) is 0 Å². The van der Waals surface area contributed by atoms with Gasteiger partial charge in [-0.15, -0.1) is 0 Å². The molecular weight excluding hydrogens is 130 g/mol.